The molecule has 0 spiro atoms. The molecule has 3 rings (SSSR count). The predicted octanol–water partition coefficient (Wildman–Crippen LogP) is 4.72. The van der Waals surface area contributed by atoms with Gasteiger partial charge in [-0.05, 0) is 55.9 Å². The molecule has 2 N–H and O–H groups in total. The fourth-order valence-electron chi connectivity index (χ4n) is 3.75. The Morgan fingerprint density at radius 1 is 0.971 bits per heavy atom. The van der Waals surface area contributed by atoms with Gasteiger partial charge in [-0.3, -0.25) is 9.59 Å². The summed E-state index contributed by atoms with van der Waals surface area (Å²) in [7, 11) is 0. The van der Waals surface area contributed by atoms with Gasteiger partial charge in [0, 0.05) is 24.6 Å². The maximum absolute atomic E-state index is 13.4. The molecule has 2 aromatic carbocycles. The van der Waals surface area contributed by atoms with Crippen LogP contribution < -0.4 is 14.8 Å². The number of Topliss-reactive ketones (excluding diaryl/α,β-unsaturated/α-hetero) is 1. The summed E-state index contributed by atoms with van der Waals surface area (Å²) in [6.07, 6.45) is 1.70. The Bertz CT molecular complexity index is 1010. The Morgan fingerprint density at radius 2 is 1.53 bits per heavy atom. The van der Waals surface area contributed by atoms with Crippen LogP contribution >= 0.6 is 23.2 Å². The summed E-state index contributed by atoms with van der Waals surface area (Å²) in [5, 5.41) is 12.9. The van der Waals surface area contributed by atoms with Crippen LogP contribution in [-0.4, -0.2) is 42.2 Å². The van der Waals surface area contributed by atoms with Crippen molar-refractivity contribution < 1.29 is 33.0 Å². The highest BCUT2D eigenvalue weighted by Crippen LogP contribution is 2.28. The van der Waals surface area contributed by atoms with Crippen LogP contribution in [0.15, 0.2) is 36.4 Å². The Morgan fingerprint density at radius 3 is 2.09 bits per heavy atom. The van der Waals surface area contributed by atoms with Gasteiger partial charge in [-0.25, -0.2) is 8.78 Å². The topological polar surface area (TPSA) is 84.9 Å². The molecule has 1 fully saturated rings. The van der Waals surface area contributed by atoms with Crippen molar-refractivity contribution in [2.45, 2.75) is 44.2 Å². The lowest BCUT2D eigenvalue weighted by molar-refractivity contribution is -0.130. The van der Waals surface area contributed by atoms with Crippen molar-refractivity contribution in [2.75, 3.05) is 13.2 Å². The van der Waals surface area contributed by atoms with E-state index >= 15 is 0 Å². The van der Waals surface area contributed by atoms with Gasteiger partial charge in [0.2, 0.25) is 0 Å². The van der Waals surface area contributed by atoms with Crippen LogP contribution in [0, 0.1) is 17.6 Å². The second-order valence-corrected chi connectivity index (χ2v) is 9.04. The normalized spacial score (nSPS) is 18.7. The Balaban J connectivity index is 1.34. The van der Waals surface area contributed by atoms with E-state index in [1.165, 1.54) is 24.3 Å². The van der Waals surface area contributed by atoms with E-state index in [-0.39, 0.29) is 64.8 Å². The molecule has 0 aliphatic heterocycles. The number of hydrogen-bond donors (Lipinski definition) is 2. The third-order valence-corrected chi connectivity index (χ3v) is 6.25. The van der Waals surface area contributed by atoms with E-state index in [1.807, 2.05) is 0 Å². The summed E-state index contributed by atoms with van der Waals surface area (Å²) in [6.45, 7) is -0.522. The van der Waals surface area contributed by atoms with Gasteiger partial charge in [0.05, 0.1) is 10.0 Å². The van der Waals surface area contributed by atoms with E-state index in [9.17, 15) is 23.5 Å². The van der Waals surface area contributed by atoms with Gasteiger partial charge >= 0.3 is 0 Å². The number of carbonyl (C=O) groups excluding carboxylic acids is 2. The van der Waals surface area contributed by atoms with Gasteiger partial charge in [0.25, 0.3) is 5.91 Å². The summed E-state index contributed by atoms with van der Waals surface area (Å²) in [5.74, 6) is -1.45. The second-order valence-electron chi connectivity index (χ2n) is 8.22. The number of rotatable bonds is 10. The predicted molar refractivity (Wildman–Crippen MR) is 123 cm³/mol. The largest absolute Gasteiger partial charge is 0.490 e. The van der Waals surface area contributed by atoms with Gasteiger partial charge in [-0.15, -0.1) is 0 Å². The van der Waals surface area contributed by atoms with Crippen LogP contribution in [0.25, 0.3) is 0 Å². The number of benzene rings is 2. The summed E-state index contributed by atoms with van der Waals surface area (Å²) in [5.41, 5.74) is 0. The van der Waals surface area contributed by atoms with E-state index < -0.39 is 17.7 Å². The second kappa shape index (κ2) is 12.3. The zero-order valence-electron chi connectivity index (χ0n) is 18.2. The first kappa shape index (κ1) is 26.2. The van der Waals surface area contributed by atoms with Crippen LogP contribution in [0.3, 0.4) is 0 Å². The molecule has 1 unspecified atom stereocenters. The first-order chi connectivity index (χ1) is 16.2. The molecule has 1 atom stereocenters. The lowest BCUT2D eigenvalue weighted by atomic mass is 9.82. The molecule has 0 heterocycles. The number of ketones is 1. The third-order valence-electron chi connectivity index (χ3n) is 5.63. The average molecular weight is 516 g/mol. The minimum atomic E-state index is -1.31. The van der Waals surface area contributed by atoms with Crippen molar-refractivity contribution in [3.8, 4) is 11.5 Å². The SMILES string of the molecule is O=C(COc1ccc(Cl)c(F)c1)NC1CCC(CC(=O)C(O)COc2ccc(Cl)c(F)c2)CC1. The average Bonchev–Trinajstić information content (AvgIpc) is 2.81. The van der Waals surface area contributed by atoms with Crippen molar-refractivity contribution in [1.82, 2.24) is 5.32 Å². The highest BCUT2D eigenvalue weighted by Gasteiger charge is 2.26. The molecular formula is C24H25Cl2F2NO5. The lowest BCUT2D eigenvalue weighted by Gasteiger charge is -2.29. The molecule has 2 aromatic rings. The molecule has 0 aromatic heterocycles. The Labute approximate surface area is 206 Å². The van der Waals surface area contributed by atoms with E-state index in [0.717, 1.165) is 25.0 Å². The molecule has 10 heteroatoms. The monoisotopic (exact) mass is 515 g/mol. The summed E-state index contributed by atoms with van der Waals surface area (Å²) in [6, 6.07) is 7.79. The molecule has 184 valence electrons. The van der Waals surface area contributed by atoms with E-state index in [1.54, 1.807) is 0 Å². The van der Waals surface area contributed by atoms with Crippen molar-refractivity contribution >= 4 is 34.9 Å². The van der Waals surface area contributed by atoms with Gasteiger partial charge in [-0.1, -0.05) is 23.2 Å². The fraction of sp³-hybridized carbons (Fsp3) is 0.417. The first-order valence-corrected chi connectivity index (χ1v) is 11.6. The number of ether oxygens (including phenoxy) is 2. The molecule has 1 aliphatic rings. The minimum Gasteiger partial charge on any atom is -0.490 e. The van der Waals surface area contributed by atoms with Gasteiger partial charge < -0.3 is 19.9 Å². The molecule has 1 amide bonds. The van der Waals surface area contributed by atoms with Crippen LogP contribution in [0.5, 0.6) is 11.5 Å². The van der Waals surface area contributed by atoms with Gasteiger partial charge in [0.15, 0.2) is 12.4 Å². The minimum absolute atomic E-state index is 0.0240. The molecular weight excluding hydrogens is 491 g/mol. The van der Waals surface area contributed by atoms with Crippen LogP contribution in [0.1, 0.15) is 32.1 Å². The molecule has 6 nitrogen and oxygen atoms in total. The number of halogens is 4. The fourth-order valence-corrected chi connectivity index (χ4v) is 3.99. The molecule has 0 radical (unpaired) electrons. The number of hydrogen-bond acceptors (Lipinski definition) is 5. The number of nitrogens with one attached hydrogen (secondary N) is 1. The van der Waals surface area contributed by atoms with Crippen molar-refractivity contribution in [3.63, 3.8) is 0 Å². The number of carbonyl (C=O) groups is 2. The van der Waals surface area contributed by atoms with Crippen LogP contribution in [0.4, 0.5) is 8.78 Å². The lowest BCUT2D eigenvalue weighted by Crippen LogP contribution is -2.40. The third kappa shape index (κ3) is 7.82. The maximum atomic E-state index is 13.4. The molecule has 1 saturated carbocycles. The van der Waals surface area contributed by atoms with Crippen molar-refractivity contribution in [1.29, 1.82) is 0 Å². The molecule has 34 heavy (non-hydrogen) atoms. The van der Waals surface area contributed by atoms with Gasteiger partial charge in [0.1, 0.15) is 35.8 Å². The first-order valence-electron chi connectivity index (χ1n) is 10.9. The Kier molecular flexibility index (Phi) is 9.50. The smallest absolute Gasteiger partial charge is 0.258 e. The standard InChI is InChI=1S/C24H25Cl2F2NO5/c25-18-7-5-16(10-20(18)27)33-12-23(31)22(30)9-14-1-3-15(4-2-14)29-24(32)13-34-17-6-8-19(26)21(28)11-17/h5-8,10-11,14-15,23,31H,1-4,9,12-13H2,(H,29,32). The number of amides is 1. The van der Waals surface area contributed by atoms with E-state index in [0.29, 0.717) is 12.8 Å². The molecule has 1 aliphatic carbocycles. The van der Waals surface area contributed by atoms with E-state index in [4.69, 9.17) is 32.7 Å². The van der Waals surface area contributed by atoms with Crippen LogP contribution in [-0.2, 0) is 9.59 Å². The van der Waals surface area contributed by atoms with E-state index in [2.05, 4.69) is 5.32 Å². The Hall–Kier alpha value is -2.42. The van der Waals surface area contributed by atoms with Crippen molar-refractivity contribution in [3.05, 3.63) is 58.1 Å². The summed E-state index contributed by atoms with van der Waals surface area (Å²) < 4.78 is 37.4. The number of aliphatic hydroxyl groups is 1. The highest BCUT2D eigenvalue weighted by atomic mass is 35.5. The molecule has 0 saturated heterocycles. The quantitative estimate of drug-likeness (QED) is 0.478. The van der Waals surface area contributed by atoms with Crippen molar-refractivity contribution in [2.24, 2.45) is 5.92 Å². The zero-order valence-corrected chi connectivity index (χ0v) is 19.7. The maximum Gasteiger partial charge on any atom is 0.258 e. The highest BCUT2D eigenvalue weighted by molar-refractivity contribution is 6.31. The van der Waals surface area contributed by atoms with Gasteiger partial charge in [-0.2, -0.15) is 0 Å². The molecule has 0 bridgehead atoms. The zero-order chi connectivity index (χ0) is 24.7. The van der Waals surface area contributed by atoms with Crippen LogP contribution in [0.2, 0.25) is 10.0 Å². The summed E-state index contributed by atoms with van der Waals surface area (Å²) in [4.78, 5) is 24.5. The number of aliphatic hydroxyl groups excluding tert-OH is 1. The summed E-state index contributed by atoms with van der Waals surface area (Å²) >= 11 is 11.2.